The van der Waals surface area contributed by atoms with E-state index in [9.17, 15) is 18.7 Å². The van der Waals surface area contributed by atoms with Gasteiger partial charge in [0.05, 0.1) is 6.61 Å². The molecule has 1 aromatic heterocycles. The summed E-state index contributed by atoms with van der Waals surface area (Å²) in [5, 5.41) is 18.4. The van der Waals surface area contributed by atoms with Crippen LogP contribution in [0.5, 0.6) is 0 Å². The minimum Gasteiger partial charge on any atom is -0.394 e. The fourth-order valence-corrected chi connectivity index (χ4v) is 2.37. The van der Waals surface area contributed by atoms with Crippen LogP contribution >= 0.6 is 22.6 Å². The third-order valence-corrected chi connectivity index (χ3v) is 3.43. The average Bonchev–Trinajstić information content (AvgIpc) is 2.65. The van der Waals surface area contributed by atoms with E-state index >= 15 is 0 Å². The second-order valence-electron chi connectivity index (χ2n) is 4.39. The molecule has 4 N–H and O–H groups in total. The van der Waals surface area contributed by atoms with Crippen molar-refractivity contribution >= 4 is 34.5 Å². The van der Waals surface area contributed by atoms with Crippen LogP contribution in [0.2, 0.25) is 0 Å². The second kappa shape index (κ2) is 5.94. The number of hydrogen-bond donors (Lipinski definition) is 3. The molecule has 3 atom stereocenters. The van der Waals surface area contributed by atoms with Gasteiger partial charge in [0.2, 0.25) is 6.23 Å². The summed E-state index contributed by atoms with van der Waals surface area (Å²) in [4.78, 5) is 15.2. The number of anilines is 1. The van der Waals surface area contributed by atoms with Crippen LogP contribution in [0, 0.1) is 0 Å². The van der Waals surface area contributed by atoms with Crippen LogP contribution in [-0.2, 0) is 4.74 Å². The Balaban J connectivity index is 2.51. The predicted octanol–water partition coefficient (Wildman–Crippen LogP) is 0.117. The number of aromatic nitrogens is 2. The molecule has 0 radical (unpaired) electrons. The maximum atomic E-state index is 14.0. The zero-order valence-corrected chi connectivity index (χ0v) is 12.6. The normalized spacial score (nSPS) is 28.3. The van der Waals surface area contributed by atoms with Crippen molar-refractivity contribution in [2.45, 2.75) is 24.4 Å². The maximum absolute atomic E-state index is 14.0. The largest absolute Gasteiger partial charge is 0.394 e. The van der Waals surface area contributed by atoms with Crippen molar-refractivity contribution in [3.05, 3.63) is 26.3 Å². The Hall–Kier alpha value is -1.11. The van der Waals surface area contributed by atoms with E-state index in [0.717, 1.165) is 6.20 Å². The van der Waals surface area contributed by atoms with E-state index in [2.05, 4.69) is 4.98 Å². The SMILES string of the molecule is Nc1nc(=O)n(C2OC(CO)C(O)C2(F)F)cc1/C=C\I. The summed E-state index contributed by atoms with van der Waals surface area (Å²) in [6, 6.07) is 0. The van der Waals surface area contributed by atoms with Gasteiger partial charge in [-0.1, -0.05) is 22.6 Å². The Morgan fingerprint density at radius 1 is 1.62 bits per heavy atom. The number of halogens is 3. The Bertz CT molecular complexity index is 622. The van der Waals surface area contributed by atoms with E-state index in [1.807, 2.05) is 22.6 Å². The maximum Gasteiger partial charge on any atom is 0.351 e. The van der Waals surface area contributed by atoms with E-state index in [-0.39, 0.29) is 11.4 Å². The minimum absolute atomic E-state index is 0.107. The molecule has 1 aliphatic heterocycles. The summed E-state index contributed by atoms with van der Waals surface area (Å²) < 4.78 is 35.0. The topological polar surface area (TPSA) is 111 Å². The molecule has 3 unspecified atom stereocenters. The molecule has 1 aliphatic rings. The fraction of sp³-hybridized carbons (Fsp3) is 0.455. The molecule has 2 rings (SSSR count). The van der Waals surface area contributed by atoms with E-state index < -0.39 is 36.7 Å². The van der Waals surface area contributed by atoms with Crippen LogP contribution < -0.4 is 11.4 Å². The zero-order chi connectivity index (χ0) is 15.8. The molecule has 1 aromatic rings. The van der Waals surface area contributed by atoms with Gasteiger partial charge in [-0.05, 0) is 10.2 Å². The Morgan fingerprint density at radius 3 is 2.81 bits per heavy atom. The lowest BCUT2D eigenvalue weighted by atomic mass is 10.1. The molecular weight excluding hydrogens is 403 g/mol. The first-order valence-corrected chi connectivity index (χ1v) is 7.05. The van der Waals surface area contributed by atoms with Gasteiger partial charge in [0.15, 0.2) is 6.10 Å². The third-order valence-electron chi connectivity index (χ3n) is 3.07. The van der Waals surface area contributed by atoms with Crippen LogP contribution in [0.1, 0.15) is 11.8 Å². The summed E-state index contributed by atoms with van der Waals surface area (Å²) in [7, 11) is 0. The Kier molecular flexibility index (Phi) is 4.60. The van der Waals surface area contributed by atoms with Crippen molar-refractivity contribution in [3.63, 3.8) is 0 Å². The summed E-state index contributed by atoms with van der Waals surface area (Å²) >= 11 is 1.89. The number of nitrogens with two attached hydrogens (primary N) is 1. The number of hydrogen-bond acceptors (Lipinski definition) is 6. The van der Waals surface area contributed by atoms with Crippen LogP contribution in [0.4, 0.5) is 14.6 Å². The molecule has 116 valence electrons. The van der Waals surface area contributed by atoms with Gasteiger partial charge in [0, 0.05) is 11.8 Å². The minimum atomic E-state index is -3.75. The number of rotatable bonds is 3. The highest BCUT2D eigenvalue weighted by Gasteiger charge is 2.59. The van der Waals surface area contributed by atoms with Crippen LogP contribution in [0.15, 0.2) is 15.1 Å². The number of nitrogens with zero attached hydrogens (tertiary/aromatic N) is 2. The highest BCUT2D eigenvalue weighted by molar-refractivity contribution is 14.1. The highest BCUT2D eigenvalue weighted by atomic mass is 127. The molecule has 10 heteroatoms. The smallest absolute Gasteiger partial charge is 0.351 e. The van der Waals surface area contributed by atoms with E-state index in [1.54, 1.807) is 4.08 Å². The standard InChI is InChI=1S/C11H12F2IN3O4/c12-11(13)7(19)6(4-18)21-9(11)17-3-5(1-2-14)8(15)16-10(17)20/h1-3,6-7,9,18-19H,4H2,(H2,15,16,20)/b2-1-. The van der Waals surface area contributed by atoms with Crippen molar-refractivity contribution < 1.29 is 23.7 Å². The molecular formula is C11H12F2IN3O4. The Labute approximate surface area is 131 Å². The van der Waals surface area contributed by atoms with Crippen LogP contribution in [-0.4, -0.2) is 44.5 Å². The fourth-order valence-electron chi connectivity index (χ4n) is 1.98. The highest BCUT2D eigenvalue weighted by Crippen LogP contribution is 2.42. The monoisotopic (exact) mass is 415 g/mol. The van der Waals surface area contributed by atoms with Gasteiger partial charge in [-0.2, -0.15) is 13.8 Å². The predicted molar refractivity (Wildman–Crippen MR) is 77.9 cm³/mol. The summed E-state index contributed by atoms with van der Waals surface area (Å²) in [5.41, 5.74) is 4.75. The average molecular weight is 415 g/mol. The molecule has 0 aromatic carbocycles. The van der Waals surface area contributed by atoms with Crippen molar-refractivity contribution in [1.29, 1.82) is 0 Å². The van der Waals surface area contributed by atoms with E-state index in [0.29, 0.717) is 4.57 Å². The van der Waals surface area contributed by atoms with Crippen molar-refractivity contribution in [3.8, 4) is 0 Å². The molecule has 0 amide bonds. The molecule has 7 nitrogen and oxygen atoms in total. The second-order valence-corrected chi connectivity index (χ2v) is 5.11. The molecule has 0 bridgehead atoms. The number of aliphatic hydroxyl groups is 2. The molecule has 21 heavy (non-hydrogen) atoms. The molecule has 0 spiro atoms. The molecule has 1 saturated heterocycles. The summed E-state index contributed by atoms with van der Waals surface area (Å²) in [6.07, 6.45) is -3.22. The van der Waals surface area contributed by atoms with Gasteiger partial charge < -0.3 is 20.7 Å². The first-order valence-electron chi connectivity index (χ1n) is 5.80. The van der Waals surface area contributed by atoms with Gasteiger partial charge in [-0.15, -0.1) is 0 Å². The quantitative estimate of drug-likeness (QED) is 0.605. The van der Waals surface area contributed by atoms with Gasteiger partial charge in [-0.3, -0.25) is 4.57 Å². The van der Waals surface area contributed by atoms with Crippen LogP contribution in [0.3, 0.4) is 0 Å². The third kappa shape index (κ3) is 2.80. The van der Waals surface area contributed by atoms with Crippen molar-refractivity contribution in [1.82, 2.24) is 9.55 Å². The van der Waals surface area contributed by atoms with Gasteiger partial charge in [0.1, 0.15) is 11.9 Å². The summed E-state index contributed by atoms with van der Waals surface area (Å²) in [6.45, 7) is -0.801. The first-order chi connectivity index (χ1) is 9.82. The van der Waals surface area contributed by atoms with Crippen molar-refractivity contribution in [2.24, 2.45) is 0 Å². The Morgan fingerprint density at radius 2 is 2.29 bits per heavy atom. The molecule has 1 fully saturated rings. The van der Waals surface area contributed by atoms with Gasteiger partial charge in [-0.25, -0.2) is 4.79 Å². The number of ether oxygens (including phenoxy) is 1. The molecule has 0 aliphatic carbocycles. The van der Waals surface area contributed by atoms with E-state index in [1.165, 1.54) is 6.08 Å². The molecule has 2 heterocycles. The first kappa shape index (κ1) is 16.3. The molecule has 0 saturated carbocycles. The number of alkyl halides is 2. The lowest BCUT2D eigenvalue weighted by Gasteiger charge is -2.21. The number of nitrogen functional groups attached to an aromatic ring is 1. The van der Waals surface area contributed by atoms with Gasteiger partial charge >= 0.3 is 11.6 Å². The van der Waals surface area contributed by atoms with Gasteiger partial charge in [0.25, 0.3) is 0 Å². The lowest BCUT2D eigenvalue weighted by Crippen LogP contribution is -2.42. The number of aliphatic hydroxyl groups excluding tert-OH is 2. The van der Waals surface area contributed by atoms with Crippen LogP contribution in [0.25, 0.3) is 6.08 Å². The summed E-state index contributed by atoms with van der Waals surface area (Å²) in [5.74, 6) is -3.86. The van der Waals surface area contributed by atoms with E-state index in [4.69, 9.17) is 15.6 Å². The zero-order valence-electron chi connectivity index (χ0n) is 10.5. The van der Waals surface area contributed by atoms with Crippen molar-refractivity contribution in [2.75, 3.05) is 12.3 Å². The lowest BCUT2D eigenvalue weighted by molar-refractivity contribution is -0.141.